The summed E-state index contributed by atoms with van der Waals surface area (Å²) in [6, 6.07) is 0. The van der Waals surface area contributed by atoms with Gasteiger partial charge in [0.15, 0.2) is 5.13 Å². The Bertz CT molecular complexity index is 247. The highest BCUT2D eigenvalue weighted by Crippen LogP contribution is 2.17. The van der Waals surface area contributed by atoms with Gasteiger partial charge in [-0.25, -0.2) is 4.98 Å². The minimum Gasteiger partial charge on any atom is -0.350 e. The van der Waals surface area contributed by atoms with Crippen molar-refractivity contribution in [3.05, 3.63) is 11.1 Å². The molecule has 0 bridgehead atoms. The van der Waals surface area contributed by atoms with E-state index in [4.69, 9.17) is 0 Å². The average Bonchev–Trinajstić information content (AvgIpc) is 2.52. The van der Waals surface area contributed by atoms with Crippen molar-refractivity contribution >= 4 is 16.5 Å². The first-order chi connectivity index (χ1) is 6.24. The number of anilines is 1. The van der Waals surface area contributed by atoms with Crippen LogP contribution in [0, 0.1) is 6.92 Å². The molecule has 3 nitrogen and oxygen atoms in total. The third-order valence-electron chi connectivity index (χ3n) is 1.81. The predicted molar refractivity (Wildman–Crippen MR) is 58.7 cm³/mol. The van der Waals surface area contributed by atoms with Crippen LogP contribution >= 0.6 is 11.3 Å². The van der Waals surface area contributed by atoms with Crippen LogP contribution in [-0.2, 0) is 0 Å². The predicted octanol–water partition coefficient (Wildman–Crippen LogP) is 1.50. The molecule has 1 aromatic heterocycles. The SMILES string of the molecule is CCNCCN(C)c1nc(C)cs1. The molecule has 0 aliphatic carbocycles. The van der Waals surface area contributed by atoms with E-state index >= 15 is 0 Å². The lowest BCUT2D eigenvalue weighted by molar-refractivity contribution is 0.705. The molecular weight excluding hydrogens is 182 g/mol. The van der Waals surface area contributed by atoms with Crippen LogP contribution in [0.5, 0.6) is 0 Å². The number of hydrogen-bond donors (Lipinski definition) is 1. The molecule has 1 N–H and O–H groups in total. The summed E-state index contributed by atoms with van der Waals surface area (Å²) in [5.41, 5.74) is 1.11. The molecule has 13 heavy (non-hydrogen) atoms. The molecule has 0 saturated carbocycles. The van der Waals surface area contributed by atoms with E-state index in [2.05, 4.69) is 34.6 Å². The minimum absolute atomic E-state index is 1.01. The van der Waals surface area contributed by atoms with Crippen LogP contribution in [0.1, 0.15) is 12.6 Å². The van der Waals surface area contributed by atoms with Crippen LogP contribution in [0.3, 0.4) is 0 Å². The molecule has 0 atom stereocenters. The Morgan fingerprint density at radius 3 is 2.92 bits per heavy atom. The van der Waals surface area contributed by atoms with Crippen LogP contribution in [0.2, 0.25) is 0 Å². The van der Waals surface area contributed by atoms with Gasteiger partial charge in [-0.3, -0.25) is 0 Å². The fourth-order valence-electron chi connectivity index (χ4n) is 1.04. The number of aryl methyl sites for hydroxylation is 1. The normalized spacial score (nSPS) is 10.4. The van der Waals surface area contributed by atoms with Gasteiger partial charge in [0.2, 0.25) is 0 Å². The Labute approximate surface area is 83.8 Å². The summed E-state index contributed by atoms with van der Waals surface area (Å²) >= 11 is 1.70. The van der Waals surface area contributed by atoms with E-state index in [1.165, 1.54) is 0 Å². The molecule has 74 valence electrons. The van der Waals surface area contributed by atoms with E-state index in [9.17, 15) is 0 Å². The molecule has 1 heterocycles. The number of hydrogen-bond acceptors (Lipinski definition) is 4. The van der Waals surface area contributed by atoms with Crippen molar-refractivity contribution in [2.45, 2.75) is 13.8 Å². The summed E-state index contributed by atoms with van der Waals surface area (Å²) in [7, 11) is 2.08. The van der Waals surface area contributed by atoms with Crippen LogP contribution in [0.4, 0.5) is 5.13 Å². The van der Waals surface area contributed by atoms with Crippen molar-refractivity contribution in [2.75, 3.05) is 31.6 Å². The van der Waals surface area contributed by atoms with E-state index in [0.29, 0.717) is 0 Å². The molecule has 0 aromatic carbocycles. The van der Waals surface area contributed by atoms with Crippen molar-refractivity contribution in [2.24, 2.45) is 0 Å². The summed E-state index contributed by atoms with van der Waals surface area (Å²) in [6.07, 6.45) is 0. The van der Waals surface area contributed by atoms with Crippen molar-refractivity contribution < 1.29 is 0 Å². The van der Waals surface area contributed by atoms with E-state index in [1.807, 2.05) is 6.92 Å². The lowest BCUT2D eigenvalue weighted by Gasteiger charge is -2.15. The minimum atomic E-state index is 1.01. The van der Waals surface area contributed by atoms with Gasteiger partial charge < -0.3 is 10.2 Å². The van der Waals surface area contributed by atoms with Crippen molar-refractivity contribution in [1.29, 1.82) is 0 Å². The molecule has 1 aromatic rings. The Hall–Kier alpha value is -0.610. The lowest BCUT2D eigenvalue weighted by atomic mass is 10.5. The number of nitrogens with zero attached hydrogens (tertiary/aromatic N) is 2. The zero-order chi connectivity index (χ0) is 9.68. The number of likely N-dealkylation sites (N-methyl/N-ethyl adjacent to an activating group) is 2. The van der Waals surface area contributed by atoms with Crippen LogP contribution in [-0.4, -0.2) is 31.7 Å². The molecule has 1 rings (SSSR count). The number of rotatable bonds is 5. The van der Waals surface area contributed by atoms with Gasteiger partial charge >= 0.3 is 0 Å². The molecule has 0 fully saturated rings. The Morgan fingerprint density at radius 1 is 1.62 bits per heavy atom. The number of aromatic nitrogens is 1. The molecule has 0 spiro atoms. The Balaban J connectivity index is 2.35. The van der Waals surface area contributed by atoms with E-state index in [1.54, 1.807) is 11.3 Å². The third-order valence-corrected chi connectivity index (χ3v) is 2.88. The van der Waals surface area contributed by atoms with E-state index in [0.717, 1.165) is 30.5 Å². The molecule has 0 radical (unpaired) electrons. The van der Waals surface area contributed by atoms with Gasteiger partial charge in [0.05, 0.1) is 5.69 Å². The van der Waals surface area contributed by atoms with Crippen LogP contribution in [0.15, 0.2) is 5.38 Å². The maximum absolute atomic E-state index is 4.41. The summed E-state index contributed by atoms with van der Waals surface area (Å²) in [6.45, 7) is 7.21. The zero-order valence-electron chi connectivity index (χ0n) is 8.50. The molecule has 0 unspecified atom stereocenters. The second-order valence-corrected chi connectivity index (χ2v) is 3.88. The summed E-state index contributed by atoms with van der Waals surface area (Å²) in [4.78, 5) is 6.59. The molecular formula is C9H17N3S. The molecule has 0 amide bonds. The zero-order valence-corrected chi connectivity index (χ0v) is 9.32. The van der Waals surface area contributed by atoms with Gasteiger partial charge in [0.25, 0.3) is 0 Å². The van der Waals surface area contributed by atoms with Crippen LogP contribution < -0.4 is 10.2 Å². The second kappa shape index (κ2) is 5.19. The topological polar surface area (TPSA) is 28.2 Å². The van der Waals surface area contributed by atoms with Crippen LogP contribution in [0.25, 0.3) is 0 Å². The van der Waals surface area contributed by atoms with Gasteiger partial charge in [0, 0.05) is 25.5 Å². The standard InChI is InChI=1S/C9H17N3S/c1-4-10-5-6-12(3)9-11-8(2)7-13-9/h7,10H,4-6H2,1-3H3. The van der Waals surface area contributed by atoms with Gasteiger partial charge in [-0.1, -0.05) is 6.92 Å². The smallest absolute Gasteiger partial charge is 0.185 e. The monoisotopic (exact) mass is 199 g/mol. The lowest BCUT2D eigenvalue weighted by Crippen LogP contribution is -2.28. The molecule has 0 aliphatic heterocycles. The maximum Gasteiger partial charge on any atom is 0.185 e. The van der Waals surface area contributed by atoms with E-state index in [-0.39, 0.29) is 0 Å². The first kappa shape index (κ1) is 10.5. The Morgan fingerprint density at radius 2 is 2.38 bits per heavy atom. The largest absolute Gasteiger partial charge is 0.350 e. The average molecular weight is 199 g/mol. The fourth-order valence-corrected chi connectivity index (χ4v) is 1.83. The Kier molecular flexibility index (Phi) is 4.18. The van der Waals surface area contributed by atoms with Gasteiger partial charge in [-0.15, -0.1) is 11.3 Å². The van der Waals surface area contributed by atoms with Gasteiger partial charge in [-0.2, -0.15) is 0 Å². The third kappa shape index (κ3) is 3.32. The molecule has 0 aliphatic rings. The number of nitrogens with one attached hydrogen (secondary N) is 1. The fraction of sp³-hybridized carbons (Fsp3) is 0.667. The number of thiazole rings is 1. The van der Waals surface area contributed by atoms with Gasteiger partial charge in [0.1, 0.15) is 0 Å². The van der Waals surface area contributed by atoms with Crippen molar-refractivity contribution in [3.8, 4) is 0 Å². The first-order valence-electron chi connectivity index (χ1n) is 4.58. The van der Waals surface area contributed by atoms with Gasteiger partial charge in [-0.05, 0) is 13.5 Å². The first-order valence-corrected chi connectivity index (χ1v) is 5.46. The summed E-state index contributed by atoms with van der Waals surface area (Å²) < 4.78 is 0. The second-order valence-electron chi connectivity index (χ2n) is 3.05. The molecule has 0 saturated heterocycles. The van der Waals surface area contributed by atoms with E-state index < -0.39 is 0 Å². The highest BCUT2D eigenvalue weighted by Gasteiger charge is 2.03. The van der Waals surface area contributed by atoms with Crippen molar-refractivity contribution in [3.63, 3.8) is 0 Å². The maximum atomic E-state index is 4.41. The quantitative estimate of drug-likeness (QED) is 0.728. The molecule has 4 heteroatoms. The highest BCUT2D eigenvalue weighted by atomic mass is 32.1. The summed E-state index contributed by atoms with van der Waals surface area (Å²) in [5.74, 6) is 0. The van der Waals surface area contributed by atoms with Crippen molar-refractivity contribution in [1.82, 2.24) is 10.3 Å². The highest BCUT2D eigenvalue weighted by molar-refractivity contribution is 7.13. The summed E-state index contributed by atoms with van der Waals surface area (Å²) in [5, 5.41) is 6.48.